The van der Waals surface area contributed by atoms with Gasteiger partial charge in [-0.25, -0.2) is 9.79 Å². The summed E-state index contributed by atoms with van der Waals surface area (Å²) >= 11 is 0. The molecule has 0 radical (unpaired) electrons. The molecule has 1 N–H and O–H groups in total. The number of hydrogen-bond acceptors (Lipinski definition) is 4. The Hall–Kier alpha value is -2.08. The third-order valence-electron chi connectivity index (χ3n) is 2.88. The van der Waals surface area contributed by atoms with Gasteiger partial charge < -0.3 is 14.7 Å². The van der Waals surface area contributed by atoms with E-state index in [1.54, 1.807) is 24.6 Å². The molecule has 6 nitrogen and oxygen atoms in total. The van der Waals surface area contributed by atoms with Crippen molar-refractivity contribution in [2.24, 2.45) is 4.99 Å². The molecule has 25 heavy (non-hydrogen) atoms. The Balaban J connectivity index is 0.00000178. The third-order valence-corrected chi connectivity index (χ3v) is 2.88. The highest BCUT2D eigenvalue weighted by molar-refractivity contribution is 5.82. The predicted molar refractivity (Wildman–Crippen MR) is 103 cm³/mol. The number of hydrogen-bond donors (Lipinski definition) is 1. The molecule has 1 aliphatic heterocycles. The van der Waals surface area contributed by atoms with Crippen molar-refractivity contribution in [2.45, 2.75) is 53.6 Å². The van der Waals surface area contributed by atoms with Crippen LogP contribution in [0, 0.1) is 0 Å². The highest BCUT2D eigenvalue weighted by Crippen LogP contribution is 2.17. The van der Waals surface area contributed by atoms with Gasteiger partial charge in [-0.05, 0) is 33.8 Å². The number of aliphatic hydroxyl groups is 1. The number of allylic oxidation sites excluding steroid dienone is 2. The van der Waals surface area contributed by atoms with Crippen LogP contribution < -0.4 is 0 Å². The van der Waals surface area contributed by atoms with E-state index in [2.05, 4.69) is 25.4 Å². The van der Waals surface area contributed by atoms with E-state index in [-0.39, 0.29) is 6.61 Å². The molecule has 0 saturated heterocycles. The van der Waals surface area contributed by atoms with Crippen LogP contribution in [0.25, 0.3) is 0 Å². The predicted octanol–water partition coefficient (Wildman–Crippen LogP) is 3.91. The summed E-state index contributed by atoms with van der Waals surface area (Å²) in [6.07, 6.45) is 7.44. The molecule has 0 aromatic heterocycles. The lowest BCUT2D eigenvalue weighted by Crippen LogP contribution is -2.45. The topological polar surface area (TPSA) is 65.4 Å². The van der Waals surface area contributed by atoms with Crippen molar-refractivity contribution in [3.05, 3.63) is 36.8 Å². The van der Waals surface area contributed by atoms with Crippen molar-refractivity contribution < 1.29 is 14.6 Å². The first-order chi connectivity index (χ1) is 11.7. The molecule has 1 aliphatic rings. The molecule has 0 aromatic carbocycles. The normalized spacial score (nSPS) is 15.5. The van der Waals surface area contributed by atoms with Crippen LogP contribution in [0.1, 0.15) is 48.0 Å². The molecule has 142 valence electrons. The largest absolute Gasteiger partial charge is 0.443 e. The second-order valence-corrected chi connectivity index (χ2v) is 6.56. The van der Waals surface area contributed by atoms with Crippen molar-refractivity contribution in [3.63, 3.8) is 0 Å². The minimum absolute atomic E-state index is 0.183. The Morgan fingerprint density at radius 3 is 2.48 bits per heavy atom. The highest BCUT2D eigenvalue weighted by Gasteiger charge is 2.26. The Bertz CT molecular complexity index is 516. The number of amidine groups is 1. The summed E-state index contributed by atoms with van der Waals surface area (Å²) in [5, 5.41) is 9.54. The first-order valence-corrected chi connectivity index (χ1v) is 8.60. The Morgan fingerprint density at radius 2 is 2.00 bits per heavy atom. The molecule has 0 spiro atoms. The molecule has 0 atom stereocenters. The van der Waals surface area contributed by atoms with Gasteiger partial charge in [0.2, 0.25) is 0 Å². The van der Waals surface area contributed by atoms with Crippen molar-refractivity contribution in [1.82, 2.24) is 9.80 Å². The first-order valence-electron chi connectivity index (χ1n) is 8.60. The number of carbonyl (C=O) groups excluding carboxylic acids is 1. The lowest BCUT2D eigenvalue weighted by molar-refractivity contribution is 0.0309. The van der Waals surface area contributed by atoms with E-state index in [0.29, 0.717) is 18.8 Å². The van der Waals surface area contributed by atoms with Crippen LogP contribution in [-0.2, 0) is 4.74 Å². The van der Waals surface area contributed by atoms with Gasteiger partial charge in [-0.1, -0.05) is 32.9 Å². The van der Waals surface area contributed by atoms with E-state index in [1.807, 2.05) is 32.6 Å². The van der Waals surface area contributed by atoms with Gasteiger partial charge in [0.05, 0.1) is 12.3 Å². The number of amides is 1. The van der Waals surface area contributed by atoms with E-state index >= 15 is 0 Å². The Labute approximate surface area is 152 Å². The zero-order valence-electron chi connectivity index (χ0n) is 16.5. The van der Waals surface area contributed by atoms with Crippen LogP contribution in [0.4, 0.5) is 4.79 Å². The summed E-state index contributed by atoms with van der Waals surface area (Å²) < 4.78 is 5.33. The molecule has 0 saturated carbocycles. The molecular formula is C19H33N3O3. The molecule has 0 bridgehead atoms. The quantitative estimate of drug-likeness (QED) is 0.476. The lowest BCUT2D eigenvalue weighted by Gasteiger charge is -2.35. The van der Waals surface area contributed by atoms with Gasteiger partial charge in [0.1, 0.15) is 11.4 Å². The minimum Gasteiger partial charge on any atom is -0.443 e. The summed E-state index contributed by atoms with van der Waals surface area (Å²) in [5.74, 6) is 0.738. The van der Waals surface area contributed by atoms with Crippen LogP contribution in [0.15, 0.2) is 41.8 Å². The van der Waals surface area contributed by atoms with Crippen LogP contribution in [0.3, 0.4) is 0 Å². The van der Waals surface area contributed by atoms with Crippen LogP contribution in [-0.4, -0.2) is 52.1 Å². The number of aliphatic hydroxyl groups excluding tert-OH is 1. The zero-order chi connectivity index (χ0) is 19.5. The fourth-order valence-corrected chi connectivity index (χ4v) is 1.91. The molecule has 0 unspecified atom stereocenters. The summed E-state index contributed by atoms with van der Waals surface area (Å²) in [5.41, 5.74) is 0.0549. The van der Waals surface area contributed by atoms with Gasteiger partial charge in [0, 0.05) is 25.5 Å². The molecule has 1 amide bonds. The fourth-order valence-electron chi connectivity index (χ4n) is 1.91. The molecule has 6 heteroatoms. The lowest BCUT2D eigenvalue weighted by atomic mass is 10.2. The van der Waals surface area contributed by atoms with Crippen molar-refractivity contribution in [3.8, 4) is 0 Å². The smallest absolute Gasteiger partial charge is 0.414 e. The molecule has 0 fully saturated rings. The zero-order valence-corrected chi connectivity index (χ0v) is 16.5. The van der Waals surface area contributed by atoms with Gasteiger partial charge >= 0.3 is 6.09 Å². The number of nitrogens with zero attached hydrogens (tertiary/aromatic N) is 3. The van der Waals surface area contributed by atoms with Gasteiger partial charge in [-0.3, -0.25) is 4.90 Å². The number of aliphatic imine (C=N–C) groups is 1. The summed E-state index contributed by atoms with van der Waals surface area (Å²) in [7, 11) is 0. The summed E-state index contributed by atoms with van der Waals surface area (Å²) in [6, 6.07) is 0. The number of carbonyl (C=O) groups is 1. The highest BCUT2D eigenvalue weighted by atomic mass is 16.6. The standard InChI is InChI=1S/C16H25N3O3.C3H8/c1-6-7-8-17-13(2)19-10-9-18(11-14(19)12-20)15(21)22-16(3,4)5;1-3-2/h6-8,11,20H,1,9-10,12H2,2-5H3;3H2,1-2H3/b8-7-,17-13?;. The van der Waals surface area contributed by atoms with E-state index in [4.69, 9.17) is 4.74 Å². The molecule has 0 aromatic rings. The maximum atomic E-state index is 12.1. The van der Waals surface area contributed by atoms with Gasteiger partial charge in [-0.15, -0.1) is 0 Å². The van der Waals surface area contributed by atoms with E-state index in [0.717, 1.165) is 5.84 Å². The summed E-state index contributed by atoms with van der Waals surface area (Å²) in [4.78, 5) is 19.7. The van der Waals surface area contributed by atoms with Crippen molar-refractivity contribution in [1.29, 1.82) is 0 Å². The van der Waals surface area contributed by atoms with Gasteiger partial charge in [0.25, 0.3) is 0 Å². The number of ether oxygens (including phenoxy) is 1. The third kappa shape index (κ3) is 9.10. The van der Waals surface area contributed by atoms with Crippen LogP contribution in [0.5, 0.6) is 0 Å². The Morgan fingerprint density at radius 1 is 1.40 bits per heavy atom. The van der Waals surface area contributed by atoms with E-state index in [1.165, 1.54) is 11.3 Å². The maximum absolute atomic E-state index is 12.1. The van der Waals surface area contributed by atoms with Crippen molar-refractivity contribution >= 4 is 11.9 Å². The molecule has 0 aliphatic carbocycles. The minimum atomic E-state index is -0.547. The van der Waals surface area contributed by atoms with E-state index < -0.39 is 11.7 Å². The monoisotopic (exact) mass is 351 g/mol. The van der Waals surface area contributed by atoms with Crippen LogP contribution in [0.2, 0.25) is 0 Å². The first kappa shape index (κ1) is 22.9. The van der Waals surface area contributed by atoms with E-state index in [9.17, 15) is 9.90 Å². The van der Waals surface area contributed by atoms with Gasteiger partial charge in [0.15, 0.2) is 0 Å². The molecule has 1 rings (SSSR count). The Kier molecular flexibility index (Phi) is 10.5. The maximum Gasteiger partial charge on any atom is 0.414 e. The molecular weight excluding hydrogens is 318 g/mol. The fraction of sp³-hybridized carbons (Fsp3) is 0.579. The SMILES string of the molecule is C=C/C=C\N=C(C)N1CCN(C(=O)OC(C)(C)C)C=C1CO.CCC. The van der Waals surface area contributed by atoms with Gasteiger partial charge in [-0.2, -0.15) is 0 Å². The average molecular weight is 351 g/mol. The second-order valence-electron chi connectivity index (χ2n) is 6.56. The van der Waals surface area contributed by atoms with Crippen molar-refractivity contribution in [2.75, 3.05) is 19.7 Å². The van der Waals surface area contributed by atoms with Crippen LogP contribution >= 0.6 is 0 Å². The summed E-state index contributed by atoms with van der Waals surface area (Å²) in [6.45, 7) is 16.0. The number of rotatable bonds is 3. The second kappa shape index (κ2) is 11.5. The average Bonchev–Trinajstić information content (AvgIpc) is 2.53. The molecule has 1 heterocycles.